The molecular formula is C15H21FN2O. The summed E-state index contributed by atoms with van der Waals surface area (Å²) in [4.78, 5) is 13.2. The SMILES string of the molecule is CC(=O)NC[C@@H]1CC[C@@H](CF)N1Cc1ccccc1. The number of hydrogen-bond acceptors (Lipinski definition) is 2. The highest BCUT2D eigenvalue weighted by Crippen LogP contribution is 2.26. The van der Waals surface area contributed by atoms with Gasteiger partial charge in [0, 0.05) is 32.1 Å². The smallest absolute Gasteiger partial charge is 0.216 e. The van der Waals surface area contributed by atoms with E-state index in [0.29, 0.717) is 6.54 Å². The molecule has 1 fully saturated rings. The largest absolute Gasteiger partial charge is 0.355 e. The summed E-state index contributed by atoms with van der Waals surface area (Å²) in [5, 5.41) is 2.84. The van der Waals surface area contributed by atoms with Crippen LogP contribution in [0.5, 0.6) is 0 Å². The van der Waals surface area contributed by atoms with Crippen LogP contribution >= 0.6 is 0 Å². The third-order valence-electron chi connectivity index (χ3n) is 3.74. The first kappa shape index (κ1) is 14.0. The number of hydrogen-bond donors (Lipinski definition) is 1. The first-order valence-corrected chi connectivity index (χ1v) is 6.80. The fourth-order valence-corrected chi connectivity index (χ4v) is 2.71. The molecule has 104 valence electrons. The summed E-state index contributed by atoms with van der Waals surface area (Å²) in [5.41, 5.74) is 1.19. The number of nitrogens with one attached hydrogen (secondary N) is 1. The Hall–Kier alpha value is -1.42. The van der Waals surface area contributed by atoms with Crippen LogP contribution in [-0.2, 0) is 11.3 Å². The number of likely N-dealkylation sites (tertiary alicyclic amines) is 1. The minimum atomic E-state index is -0.316. The summed E-state index contributed by atoms with van der Waals surface area (Å²) in [6.45, 7) is 2.56. The van der Waals surface area contributed by atoms with Crippen molar-refractivity contribution in [1.82, 2.24) is 10.2 Å². The highest BCUT2D eigenvalue weighted by atomic mass is 19.1. The van der Waals surface area contributed by atoms with Gasteiger partial charge in [0.15, 0.2) is 0 Å². The van der Waals surface area contributed by atoms with Crippen molar-refractivity contribution in [3.63, 3.8) is 0 Å². The Bertz CT molecular complexity index is 410. The number of rotatable bonds is 5. The summed E-state index contributed by atoms with van der Waals surface area (Å²) >= 11 is 0. The van der Waals surface area contributed by atoms with E-state index in [2.05, 4.69) is 22.3 Å². The molecule has 0 aliphatic carbocycles. The highest BCUT2D eigenvalue weighted by molar-refractivity contribution is 5.72. The number of carbonyl (C=O) groups is 1. The zero-order valence-electron chi connectivity index (χ0n) is 11.3. The lowest BCUT2D eigenvalue weighted by atomic mass is 10.2. The molecule has 1 amide bonds. The Balaban J connectivity index is 2.01. The lowest BCUT2D eigenvalue weighted by Crippen LogP contribution is -2.43. The van der Waals surface area contributed by atoms with Gasteiger partial charge in [0.05, 0.1) is 0 Å². The molecule has 0 radical (unpaired) electrons. The van der Waals surface area contributed by atoms with Crippen LogP contribution in [0, 0.1) is 0 Å². The first-order chi connectivity index (χ1) is 9.20. The Morgan fingerprint density at radius 2 is 2.00 bits per heavy atom. The second-order valence-corrected chi connectivity index (χ2v) is 5.13. The van der Waals surface area contributed by atoms with Crippen LogP contribution in [0.15, 0.2) is 30.3 Å². The summed E-state index contributed by atoms with van der Waals surface area (Å²) in [6.07, 6.45) is 1.81. The lowest BCUT2D eigenvalue weighted by molar-refractivity contribution is -0.119. The Morgan fingerprint density at radius 1 is 1.32 bits per heavy atom. The molecular weight excluding hydrogens is 243 g/mol. The maximum atomic E-state index is 13.1. The summed E-state index contributed by atoms with van der Waals surface area (Å²) in [5.74, 6) is -0.0247. The Morgan fingerprint density at radius 3 is 2.63 bits per heavy atom. The average Bonchev–Trinajstić information content (AvgIpc) is 2.80. The van der Waals surface area contributed by atoms with E-state index in [1.807, 2.05) is 18.2 Å². The normalized spacial score (nSPS) is 23.5. The predicted molar refractivity (Wildman–Crippen MR) is 73.5 cm³/mol. The van der Waals surface area contributed by atoms with Crippen LogP contribution in [0.3, 0.4) is 0 Å². The standard InChI is InChI=1S/C15H21FN2O/c1-12(19)17-10-15-8-7-14(9-16)18(15)11-13-5-3-2-4-6-13/h2-6,14-15H,7-11H2,1H3,(H,17,19)/t14-,15-/m0/s1. The van der Waals surface area contributed by atoms with Crippen LogP contribution in [0.25, 0.3) is 0 Å². The molecule has 1 aromatic carbocycles. The van der Waals surface area contributed by atoms with Crippen LogP contribution in [-0.4, -0.2) is 36.1 Å². The number of nitrogens with zero attached hydrogens (tertiary/aromatic N) is 1. The number of halogens is 1. The van der Waals surface area contributed by atoms with Gasteiger partial charge in [-0.2, -0.15) is 0 Å². The van der Waals surface area contributed by atoms with Gasteiger partial charge < -0.3 is 5.32 Å². The van der Waals surface area contributed by atoms with Crippen molar-refractivity contribution >= 4 is 5.91 Å². The zero-order chi connectivity index (χ0) is 13.7. The molecule has 2 atom stereocenters. The van der Waals surface area contributed by atoms with E-state index in [1.165, 1.54) is 12.5 Å². The van der Waals surface area contributed by atoms with Crippen molar-refractivity contribution in [1.29, 1.82) is 0 Å². The summed E-state index contributed by atoms with van der Waals surface area (Å²) in [7, 11) is 0. The number of benzene rings is 1. The molecule has 0 unspecified atom stereocenters. The maximum Gasteiger partial charge on any atom is 0.216 e. The van der Waals surface area contributed by atoms with Gasteiger partial charge in [-0.3, -0.25) is 9.69 Å². The molecule has 2 rings (SSSR count). The second kappa shape index (κ2) is 6.66. The van der Waals surface area contributed by atoms with Crippen molar-refractivity contribution in [2.75, 3.05) is 13.2 Å². The molecule has 0 aromatic heterocycles. The molecule has 1 aromatic rings. The van der Waals surface area contributed by atoms with Crippen molar-refractivity contribution in [2.24, 2.45) is 0 Å². The van der Waals surface area contributed by atoms with Crippen LogP contribution in [0.2, 0.25) is 0 Å². The van der Waals surface area contributed by atoms with Gasteiger partial charge in [-0.15, -0.1) is 0 Å². The third kappa shape index (κ3) is 3.77. The summed E-state index contributed by atoms with van der Waals surface area (Å²) < 4.78 is 13.1. The van der Waals surface area contributed by atoms with Gasteiger partial charge in [-0.1, -0.05) is 30.3 Å². The van der Waals surface area contributed by atoms with Crippen LogP contribution < -0.4 is 5.32 Å². The van der Waals surface area contributed by atoms with Crippen molar-refractivity contribution < 1.29 is 9.18 Å². The molecule has 1 aliphatic heterocycles. The minimum Gasteiger partial charge on any atom is -0.355 e. The number of amides is 1. The second-order valence-electron chi connectivity index (χ2n) is 5.13. The van der Waals surface area contributed by atoms with Gasteiger partial charge >= 0.3 is 0 Å². The van der Waals surface area contributed by atoms with Gasteiger partial charge in [0.2, 0.25) is 5.91 Å². The third-order valence-corrected chi connectivity index (χ3v) is 3.74. The Kier molecular flexibility index (Phi) is 4.91. The number of alkyl halides is 1. The molecule has 19 heavy (non-hydrogen) atoms. The van der Waals surface area contributed by atoms with Gasteiger partial charge in [0.1, 0.15) is 6.67 Å². The van der Waals surface area contributed by atoms with Gasteiger partial charge in [-0.25, -0.2) is 4.39 Å². The van der Waals surface area contributed by atoms with Crippen molar-refractivity contribution in [2.45, 2.75) is 38.4 Å². The highest BCUT2D eigenvalue weighted by Gasteiger charge is 2.33. The fraction of sp³-hybridized carbons (Fsp3) is 0.533. The number of carbonyl (C=O) groups excluding carboxylic acids is 1. The topological polar surface area (TPSA) is 32.3 Å². The van der Waals surface area contributed by atoms with E-state index in [1.54, 1.807) is 0 Å². The fourth-order valence-electron chi connectivity index (χ4n) is 2.71. The monoisotopic (exact) mass is 264 g/mol. The molecule has 4 heteroatoms. The maximum absolute atomic E-state index is 13.1. The predicted octanol–water partition coefficient (Wildman–Crippen LogP) is 2.13. The van der Waals surface area contributed by atoms with Crippen LogP contribution in [0.1, 0.15) is 25.3 Å². The van der Waals surface area contributed by atoms with E-state index < -0.39 is 0 Å². The average molecular weight is 264 g/mol. The van der Waals surface area contributed by atoms with Crippen molar-refractivity contribution in [3.8, 4) is 0 Å². The molecule has 1 heterocycles. The molecule has 1 saturated heterocycles. The quantitative estimate of drug-likeness (QED) is 0.883. The van der Waals surface area contributed by atoms with Gasteiger partial charge in [-0.05, 0) is 18.4 Å². The van der Waals surface area contributed by atoms with E-state index in [-0.39, 0.29) is 24.7 Å². The minimum absolute atomic E-state index is 0.0148. The molecule has 0 spiro atoms. The van der Waals surface area contributed by atoms with E-state index in [9.17, 15) is 9.18 Å². The summed E-state index contributed by atoms with van der Waals surface area (Å²) in [6, 6.07) is 10.3. The van der Waals surface area contributed by atoms with E-state index >= 15 is 0 Å². The van der Waals surface area contributed by atoms with E-state index in [4.69, 9.17) is 0 Å². The molecule has 0 saturated carbocycles. The molecule has 3 nitrogen and oxygen atoms in total. The Labute approximate surface area is 113 Å². The molecule has 1 aliphatic rings. The van der Waals surface area contributed by atoms with E-state index in [0.717, 1.165) is 19.4 Å². The molecule has 0 bridgehead atoms. The first-order valence-electron chi connectivity index (χ1n) is 6.80. The zero-order valence-corrected chi connectivity index (χ0v) is 11.3. The molecule has 1 N–H and O–H groups in total. The van der Waals surface area contributed by atoms with Crippen LogP contribution in [0.4, 0.5) is 4.39 Å². The van der Waals surface area contributed by atoms with Gasteiger partial charge in [0.25, 0.3) is 0 Å². The van der Waals surface area contributed by atoms with Crippen molar-refractivity contribution in [3.05, 3.63) is 35.9 Å². The lowest BCUT2D eigenvalue weighted by Gasteiger charge is -2.29.